The van der Waals surface area contributed by atoms with Crippen molar-refractivity contribution in [2.75, 3.05) is 5.73 Å². The highest BCUT2D eigenvalue weighted by molar-refractivity contribution is 7.14. The number of nitrogens with two attached hydrogens (primary N) is 1. The molecule has 0 atom stereocenters. The summed E-state index contributed by atoms with van der Waals surface area (Å²) in [6, 6.07) is 8.26. The van der Waals surface area contributed by atoms with Gasteiger partial charge in [-0.3, -0.25) is 4.68 Å². The molecule has 3 aromatic rings. The van der Waals surface area contributed by atoms with Crippen molar-refractivity contribution >= 4 is 28.6 Å². The molecule has 0 amide bonds. The van der Waals surface area contributed by atoms with E-state index in [0.29, 0.717) is 22.3 Å². The van der Waals surface area contributed by atoms with Crippen molar-refractivity contribution in [3.8, 4) is 11.3 Å². The van der Waals surface area contributed by atoms with Gasteiger partial charge in [0, 0.05) is 17.1 Å². The molecule has 0 aliphatic carbocycles. The van der Waals surface area contributed by atoms with Crippen LogP contribution < -0.4 is 5.73 Å². The normalized spacial score (nSPS) is 10.9. The first-order chi connectivity index (χ1) is 9.61. The van der Waals surface area contributed by atoms with Gasteiger partial charge < -0.3 is 5.73 Å². The third-order valence-corrected chi connectivity index (χ3v) is 3.96. The molecular weight excluding hydrogens is 297 g/mol. The van der Waals surface area contributed by atoms with Gasteiger partial charge in [0.1, 0.15) is 11.5 Å². The summed E-state index contributed by atoms with van der Waals surface area (Å²) in [6.07, 6.45) is 1.74. The number of halogens is 2. The first kappa shape index (κ1) is 13.1. The van der Waals surface area contributed by atoms with Gasteiger partial charge in [-0.05, 0) is 23.8 Å². The molecule has 6 heteroatoms. The maximum atomic E-state index is 13.2. The summed E-state index contributed by atoms with van der Waals surface area (Å²) in [5.41, 5.74) is 8.98. The maximum absolute atomic E-state index is 13.2. The molecule has 3 nitrogen and oxygen atoms in total. The molecule has 20 heavy (non-hydrogen) atoms. The summed E-state index contributed by atoms with van der Waals surface area (Å²) >= 11 is 7.35. The van der Waals surface area contributed by atoms with Gasteiger partial charge in [-0.2, -0.15) is 5.10 Å². The van der Waals surface area contributed by atoms with Crippen LogP contribution in [0.25, 0.3) is 11.3 Å². The minimum atomic E-state index is -0.257. The Morgan fingerprint density at radius 1 is 1.35 bits per heavy atom. The Bertz CT molecular complexity index is 750. The molecule has 2 aromatic heterocycles. The molecule has 0 aliphatic rings. The third kappa shape index (κ3) is 2.69. The van der Waals surface area contributed by atoms with Gasteiger partial charge in [-0.1, -0.05) is 23.7 Å². The molecule has 0 radical (unpaired) electrons. The zero-order valence-electron chi connectivity index (χ0n) is 10.4. The van der Waals surface area contributed by atoms with E-state index in [-0.39, 0.29) is 5.82 Å². The van der Waals surface area contributed by atoms with Crippen molar-refractivity contribution in [1.82, 2.24) is 9.78 Å². The summed E-state index contributed by atoms with van der Waals surface area (Å²) in [7, 11) is 0. The van der Waals surface area contributed by atoms with Crippen LogP contribution in [0, 0.1) is 5.82 Å². The lowest BCUT2D eigenvalue weighted by atomic mass is 10.2. The molecular formula is C14H11ClFN3S. The van der Waals surface area contributed by atoms with Crippen LogP contribution in [0.1, 0.15) is 5.56 Å². The van der Waals surface area contributed by atoms with Crippen molar-refractivity contribution in [1.29, 1.82) is 0 Å². The fraction of sp³-hybridized carbons (Fsp3) is 0.0714. The predicted molar refractivity (Wildman–Crippen MR) is 80.5 cm³/mol. The Balaban J connectivity index is 1.89. The number of thiophene rings is 1. The maximum Gasteiger partial charge on any atom is 0.123 e. The van der Waals surface area contributed by atoms with E-state index in [0.717, 1.165) is 11.1 Å². The lowest BCUT2D eigenvalue weighted by molar-refractivity contribution is 0.619. The zero-order valence-corrected chi connectivity index (χ0v) is 12.0. The van der Waals surface area contributed by atoms with Crippen molar-refractivity contribution < 1.29 is 4.39 Å². The molecule has 0 fully saturated rings. The van der Waals surface area contributed by atoms with Gasteiger partial charge in [0.05, 0.1) is 16.6 Å². The van der Waals surface area contributed by atoms with Crippen LogP contribution in [0.5, 0.6) is 0 Å². The summed E-state index contributed by atoms with van der Waals surface area (Å²) in [6.45, 7) is 0.472. The number of nitrogens with zero attached hydrogens (tertiary/aromatic N) is 2. The van der Waals surface area contributed by atoms with Crippen LogP contribution in [0.2, 0.25) is 4.34 Å². The van der Waals surface area contributed by atoms with Crippen molar-refractivity contribution in [2.45, 2.75) is 6.54 Å². The molecule has 3 rings (SSSR count). The summed E-state index contributed by atoms with van der Waals surface area (Å²) in [5, 5.41) is 6.35. The molecule has 0 spiro atoms. The monoisotopic (exact) mass is 307 g/mol. The first-order valence-corrected chi connectivity index (χ1v) is 7.19. The van der Waals surface area contributed by atoms with Crippen LogP contribution in [0.15, 0.2) is 41.9 Å². The molecule has 1 aromatic carbocycles. The second kappa shape index (κ2) is 5.26. The fourth-order valence-corrected chi connectivity index (χ4v) is 2.86. The smallest absolute Gasteiger partial charge is 0.123 e. The average Bonchev–Trinajstić information content (AvgIpc) is 2.96. The second-order valence-corrected chi connectivity index (χ2v) is 5.94. The van der Waals surface area contributed by atoms with Crippen LogP contribution >= 0.6 is 22.9 Å². The highest BCUT2D eigenvalue weighted by Gasteiger charge is 2.10. The number of anilines is 1. The lowest BCUT2D eigenvalue weighted by Gasteiger charge is -2.01. The molecule has 2 heterocycles. The molecule has 0 saturated heterocycles. The number of hydrogen-bond acceptors (Lipinski definition) is 3. The Hall–Kier alpha value is -1.85. The van der Waals surface area contributed by atoms with Gasteiger partial charge in [-0.15, -0.1) is 11.3 Å². The van der Waals surface area contributed by atoms with Gasteiger partial charge in [0.2, 0.25) is 0 Å². The average molecular weight is 308 g/mol. The number of nitrogen functional groups attached to an aromatic ring is 1. The Labute approximate surface area is 124 Å². The summed E-state index contributed by atoms with van der Waals surface area (Å²) < 4.78 is 15.5. The van der Waals surface area contributed by atoms with Crippen LogP contribution in [0.4, 0.5) is 10.1 Å². The van der Waals surface area contributed by atoms with E-state index in [1.54, 1.807) is 16.9 Å². The van der Waals surface area contributed by atoms with E-state index in [4.69, 9.17) is 17.3 Å². The Kier molecular flexibility index (Phi) is 3.46. The summed E-state index contributed by atoms with van der Waals surface area (Å²) in [5.74, 6) is -0.257. The van der Waals surface area contributed by atoms with E-state index < -0.39 is 0 Å². The van der Waals surface area contributed by atoms with Gasteiger partial charge >= 0.3 is 0 Å². The Morgan fingerprint density at radius 2 is 2.20 bits per heavy atom. The van der Waals surface area contributed by atoms with Crippen LogP contribution in [0.3, 0.4) is 0 Å². The van der Waals surface area contributed by atoms with E-state index in [1.807, 2.05) is 17.5 Å². The third-order valence-electron chi connectivity index (χ3n) is 2.86. The van der Waals surface area contributed by atoms with Crippen LogP contribution in [-0.4, -0.2) is 9.78 Å². The summed E-state index contributed by atoms with van der Waals surface area (Å²) in [4.78, 5) is 0. The minimum absolute atomic E-state index is 0.257. The molecule has 0 unspecified atom stereocenters. The van der Waals surface area contributed by atoms with Crippen molar-refractivity contribution in [3.63, 3.8) is 0 Å². The highest BCUT2D eigenvalue weighted by Crippen LogP contribution is 2.31. The number of rotatable bonds is 3. The SMILES string of the molecule is Nc1cn(Cc2cccc(F)c2)nc1-c1csc(Cl)c1. The highest BCUT2D eigenvalue weighted by atomic mass is 35.5. The molecule has 0 bridgehead atoms. The molecule has 102 valence electrons. The molecule has 0 saturated carbocycles. The molecule has 0 aliphatic heterocycles. The Morgan fingerprint density at radius 3 is 2.90 bits per heavy atom. The van der Waals surface area contributed by atoms with E-state index in [2.05, 4.69) is 5.10 Å². The van der Waals surface area contributed by atoms with Gasteiger partial charge in [0.15, 0.2) is 0 Å². The van der Waals surface area contributed by atoms with E-state index >= 15 is 0 Å². The minimum Gasteiger partial charge on any atom is -0.396 e. The quantitative estimate of drug-likeness (QED) is 0.794. The second-order valence-electron chi connectivity index (χ2n) is 4.40. The lowest BCUT2D eigenvalue weighted by Crippen LogP contribution is -2.00. The van der Waals surface area contributed by atoms with E-state index in [1.165, 1.54) is 23.5 Å². The zero-order chi connectivity index (χ0) is 14.1. The predicted octanol–water partition coefficient (Wildman–Crippen LogP) is 4.03. The standard InChI is InChI=1S/C14H11ClFN3S/c15-13-5-10(8-20-13)14-12(17)7-19(18-14)6-9-2-1-3-11(16)4-9/h1-5,7-8H,6,17H2. The van der Waals surface area contributed by atoms with Crippen LogP contribution in [-0.2, 0) is 6.54 Å². The number of benzene rings is 1. The van der Waals surface area contributed by atoms with Crippen molar-refractivity contribution in [2.24, 2.45) is 0 Å². The first-order valence-electron chi connectivity index (χ1n) is 5.93. The van der Waals surface area contributed by atoms with E-state index in [9.17, 15) is 4.39 Å². The topological polar surface area (TPSA) is 43.8 Å². The fourth-order valence-electron chi connectivity index (χ4n) is 2.00. The number of aromatic nitrogens is 2. The number of hydrogen-bond donors (Lipinski definition) is 1. The van der Waals surface area contributed by atoms with Gasteiger partial charge in [0.25, 0.3) is 0 Å². The molecule has 2 N–H and O–H groups in total. The van der Waals surface area contributed by atoms with Gasteiger partial charge in [-0.25, -0.2) is 4.39 Å². The largest absolute Gasteiger partial charge is 0.396 e. The van der Waals surface area contributed by atoms with Crippen molar-refractivity contribution in [3.05, 3.63) is 57.6 Å².